The van der Waals surface area contributed by atoms with Gasteiger partial charge in [0.15, 0.2) is 0 Å². The Morgan fingerprint density at radius 1 is 1.21 bits per heavy atom. The zero-order valence-electron chi connectivity index (χ0n) is 13.4. The van der Waals surface area contributed by atoms with Crippen molar-refractivity contribution in [2.45, 2.75) is 38.5 Å². The van der Waals surface area contributed by atoms with E-state index >= 15 is 0 Å². The lowest BCUT2D eigenvalue weighted by Gasteiger charge is -2.29. The first kappa shape index (κ1) is 16.3. The number of hydroxylamine groups is 2. The molecular formula is C16H20N4O4. The summed E-state index contributed by atoms with van der Waals surface area (Å²) in [7, 11) is 0. The molecule has 2 aliphatic heterocycles. The number of fused-ring (bicyclic) bond motifs is 2. The van der Waals surface area contributed by atoms with E-state index in [1.54, 1.807) is 0 Å². The second-order valence-electron chi connectivity index (χ2n) is 5.94. The van der Waals surface area contributed by atoms with Gasteiger partial charge in [-0.05, 0) is 18.4 Å². The zero-order valence-corrected chi connectivity index (χ0v) is 13.4. The van der Waals surface area contributed by atoms with Crippen molar-refractivity contribution < 1.29 is 19.2 Å². The molecule has 2 heterocycles. The molecule has 4 amide bonds. The van der Waals surface area contributed by atoms with E-state index in [0.717, 1.165) is 5.56 Å². The van der Waals surface area contributed by atoms with Crippen LogP contribution in [-0.4, -0.2) is 46.4 Å². The van der Waals surface area contributed by atoms with E-state index in [9.17, 15) is 14.4 Å². The van der Waals surface area contributed by atoms with Crippen LogP contribution < -0.4 is 10.9 Å². The van der Waals surface area contributed by atoms with E-state index in [1.165, 1.54) is 16.9 Å². The molecule has 2 atom stereocenters. The maximum atomic E-state index is 12.5. The van der Waals surface area contributed by atoms with Crippen LogP contribution in [0.3, 0.4) is 0 Å². The third-order valence-electron chi connectivity index (χ3n) is 4.20. The minimum Gasteiger partial charge on any atom is -0.309 e. The summed E-state index contributed by atoms with van der Waals surface area (Å²) in [6.07, 6.45) is 1.21. The summed E-state index contributed by atoms with van der Waals surface area (Å²) in [6, 6.07) is 8.64. The highest BCUT2D eigenvalue weighted by atomic mass is 16.7. The number of piperidine rings is 1. The predicted molar refractivity (Wildman–Crippen MR) is 83.9 cm³/mol. The van der Waals surface area contributed by atoms with Gasteiger partial charge in [-0.25, -0.2) is 4.79 Å². The van der Waals surface area contributed by atoms with Crippen molar-refractivity contribution in [3.8, 4) is 0 Å². The number of rotatable bonds is 4. The second kappa shape index (κ2) is 6.88. The van der Waals surface area contributed by atoms with Gasteiger partial charge in [-0.15, -0.1) is 0 Å². The van der Waals surface area contributed by atoms with Crippen LogP contribution in [0, 0.1) is 0 Å². The normalized spacial score (nSPS) is 22.5. The number of hydrazine groups is 1. The number of hydrogen-bond acceptors (Lipinski definition) is 4. The standard InChI is InChI=1S/C16H20N4O4/c1-11(21)17-18-15(22)14-8-7-13-9-19(14)16(23)20(13)24-10-12-5-3-2-4-6-12/h2-6,13-14H,7-10H2,1H3,(H,17,21)(H,18,22)/t13-,14+/m1/s1. The minimum absolute atomic E-state index is 0.0500. The Morgan fingerprint density at radius 2 is 1.96 bits per heavy atom. The van der Waals surface area contributed by atoms with E-state index in [0.29, 0.717) is 26.0 Å². The molecule has 2 saturated heterocycles. The molecule has 0 unspecified atom stereocenters. The molecule has 2 N–H and O–H groups in total. The van der Waals surface area contributed by atoms with Gasteiger partial charge in [0.2, 0.25) is 5.91 Å². The highest BCUT2D eigenvalue weighted by molar-refractivity contribution is 5.89. The van der Waals surface area contributed by atoms with Gasteiger partial charge in [0.05, 0.1) is 6.04 Å². The van der Waals surface area contributed by atoms with Gasteiger partial charge in [0, 0.05) is 13.5 Å². The first-order valence-corrected chi connectivity index (χ1v) is 7.89. The molecule has 2 aliphatic rings. The van der Waals surface area contributed by atoms with Gasteiger partial charge in [-0.3, -0.25) is 25.3 Å². The SMILES string of the molecule is CC(=O)NNC(=O)[C@@H]1CC[C@@H]2CN1C(=O)N2OCc1ccccc1. The van der Waals surface area contributed by atoms with Crippen LogP contribution in [0.15, 0.2) is 30.3 Å². The first-order chi connectivity index (χ1) is 11.6. The largest absolute Gasteiger partial charge is 0.345 e. The number of hydrogen-bond donors (Lipinski definition) is 2. The minimum atomic E-state index is -0.592. The average molecular weight is 332 g/mol. The first-order valence-electron chi connectivity index (χ1n) is 7.89. The van der Waals surface area contributed by atoms with Crippen molar-refractivity contribution >= 4 is 17.8 Å². The Hall–Kier alpha value is -2.61. The lowest BCUT2D eigenvalue weighted by Crippen LogP contribution is -2.53. The lowest BCUT2D eigenvalue weighted by molar-refractivity contribution is -0.140. The molecule has 2 fully saturated rings. The van der Waals surface area contributed by atoms with E-state index in [1.807, 2.05) is 30.3 Å². The number of urea groups is 1. The summed E-state index contributed by atoms with van der Waals surface area (Å²) in [4.78, 5) is 42.7. The van der Waals surface area contributed by atoms with Crippen molar-refractivity contribution in [1.29, 1.82) is 0 Å². The number of amides is 4. The quantitative estimate of drug-likeness (QED) is 0.788. The molecule has 1 aromatic rings. The number of nitrogens with one attached hydrogen (secondary N) is 2. The smallest absolute Gasteiger partial charge is 0.309 e. The summed E-state index contributed by atoms with van der Waals surface area (Å²) in [5.41, 5.74) is 5.56. The molecule has 1 aromatic carbocycles. The van der Waals surface area contributed by atoms with E-state index in [-0.39, 0.29) is 23.9 Å². The Bertz CT molecular complexity index is 636. The third-order valence-corrected chi connectivity index (χ3v) is 4.20. The monoisotopic (exact) mass is 332 g/mol. The van der Waals surface area contributed by atoms with Gasteiger partial charge in [-0.1, -0.05) is 30.3 Å². The van der Waals surface area contributed by atoms with Crippen LogP contribution in [0.1, 0.15) is 25.3 Å². The number of carbonyl (C=O) groups excluding carboxylic acids is 3. The van der Waals surface area contributed by atoms with Crippen molar-refractivity contribution in [2.75, 3.05) is 6.54 Å². The van der Waals surface area contributed by atoms with Crippen molar-refractivity contribution in [3.05, 3.63) is 35.9 Å². The fourth-order valence-corrected chi connectivity index (χ4v) is 3.02. The molecule has 3 rings (SSSR count). The Morgan fingerprint density at radius 3 is 2.67 bits per heavy atom. The summed E-state index contributed by atoms with van der Waals surface area (Å²) in [5, 5.41) is 1.37. The molecular weight excluding hydrogens is 312 g/mol. The van der Waals surface area contributed by atoms with Crippen LogP contribution >= 0.6 is 0 Å². The van der Waals surface area contributed by atoms with E-state index in [4.69, 9.17) is 4.84 Å². The van der Waals surface area contributed by atoms with Crippen molar-refractivity contribution in [1.82, 2.24) is 20.8 Å². The average Bonchev–Trinajstić information content (AvgIpc) is 2.83. The van der Waals surface area contributed by atoms with E-state index < -0.39 is 6.04 Å². The molecule has 24 heavy (non-hydrogen) atoms. The summed E-state index contributed by atoms with van der Waals surface area (Å²) >= 11 is 0. The number of carbonyl (C=O) groups is 3. The highest BCUT2D eigenvalue weighted by Gasteiger charge is 2.47. The molecule has 0 aliphatic carbocycles. The fourth-order valence-electron chi connectivity index (χ4n) is 3.02. The van der Waals surface area contributed by atoms with Crippen LogP contribution in [0.4, 0.5) is 4.79 Å². The Labute approximate surface area is 139 Å². The molecule has 2 bridgehead atoms. The number of nitrogens with zero attached hydrogens (tertiary/aromatic N) is 2. The van der Waals surface area contributed by atoms with Gasteiger partial charge in [0.25, 0.3) is 5.91 Å². The second-order valence-corrected chi connectivity index (χ2v) is 5.94. The van der Waals surface area contributed by atoms with Gasteiger partial charge in [-0.2, -0.15) is 5.06 Å². The third kappa shape index (κ3) is 3.33. The lowest BCUT2D eigenvalue weighted by atomic mass is 10.0. The van der Waals surface area contributed by atoms with Crippen LogP contribution in [0.2, 0.25) is 0 Å². The van der Waals surface area contributed by atoms with Gasteiger partial charge >= 0.3 is 6.03 Å². The molecule has 8 heteroatoms. The fraction of sp³-hybridized carbons (Fsp3) is 0.438. The molecule has 0 radical (unpaired) electrons. The molecule has 128 valence electrons. The zero-order chi connectivity index (χ0) is 17.1. The Kier molecular flexibility index (Phi) is 4.66. The molecule has 0 aromatic heterocycles. The summed E-state index contributed by atoms with van der Waals surface area (Å²) in [6.45, 7) is 2.06. The van der Waals surface area contributed by atoms with Crippen LogP contribution in [-0.2, 0) is 21.0 Å². The van der Waals surface area contributed by atoms with E-state index in [2.05, 4.69) is 10.9 Å². The predicted octanol–water partition coefficient (Wildman–Crippen LogP) is 0.554. The van der Waals surface area contributed by atoms with Crippen LogP contribution in [0.25, 0.3) is 0 Å². The topological polar surface area (TPSA) is 91.0 Å². The number of benzene rings is 1. The maximum absolute atomic E-state index is 12.5. The van der Waals surface area contributed by atoms with Crippen LogP contribution in [0.5, 0.6) is 0 Å². The summed E-state index contributed by atoms with van der Waals surface area (Å²) in [5.74, 6) is -0.750. The Balaban J connectivity index is 1.60. The van der Waals surface area contributed by atoms with Crippen molar-refractivity contribution in [3.63, 3.8) is 0 Å². The molecule has 8 nitrogen and oxygen atoms in total. The molecule has 0 spiro atoms. The van der Waals surface area contributed by atoms with Gasteiger partial charge in [0.1, 0.15) is 12.6 Å². The maximum Gasteiger partial charge on any atom is 0.345 e. The summed E-state index contributed by atoms with van der Waals surface area (Å²) < 4.78 is 0. The molecule has 0 saturated carbocycles. The van der Waals surface area contributed by atoms with Crippen molar-refractivity contribution in [2.24, 2.45) is 0 Å². The highest BCUT2D eigenvalue weighted by Crippen LogP contribution is 2.30. The van der Waals surface area contributed by atoms with Gasteiger partial charge < -0.3 is 4.90 Å².